The number of anilines is 2. The minimum Gasteiger partial charge on any atom is -0.508 e. The SMILES string of the molecule is [C-]#[N+]C[C@H]1CN(c2nc(OC[C@@H]3CCCN3CC(O)CO)nc3c2CCN(c2cc(O)cc4cccc([131I])c24)C3)CCN1C(=O)C=C. The van der Waals surface area contributed by atoms with E-state index in [0.29, 0.717) is 52.3 Å². The zero-order valence-corrected chi connectivity index (χ0v) is 28.4. The summed E-state index contributed by atoms with van der Waals surface area (Å²) >= 11 is 2.34. The summed E-state index contributed by atoms with van der Waals surface area (Å²) in [6.07, 6.45) is 3.05. The van der Waals surface area contributed by atoms with E-state index in [-0.39, 0.29) is 42.9 Å². The van der Waals surface area contributed by atoms with Gasteiger partial charge in [-0.3, -0.25) is 9.69 Å². The minimum atomic E-state index is -0.806. The normalized spacial score (nSPS) is 20.6. The van der Waals surface area contributed by atoms with E-state index in [2.05, 4.69) is 54.8 Å². The number of rotatable bonds is 10. The predicted molar refractivity (Wildman–Crippen MR) is 188 cm³/mol. The van der Waals surface area contributed by atoms with Gasteiger partial charge in [-0.05, 0) is 72.0 Å². The number of carbonyl (C=O) groups excluding carboxylic acids is 1. The third-order valence-electron chi connectivity index (χ3n) is 9.36. The lowest BCUT2D eigenvalue weighted by Gasteiger charge is -2.41. The van der Waals surface area contributed by atoms with Crippen LogP contribution in [0.25, 0.3) is 15.6 Å². The van der Waals surface area contributed by atoms with Crippen molar-refractivity contribution < 1.29 is 24.9 Å². The van der Waals surface area contributed by atoms with Crippen LogP contribution in [0.15, 0.2) is 43.0 Å². The Bertz CT molecular complexity index is 1680. The molecule has 3 N–H and O–H groups in total. The van der Waals surface area contributed by atoms with E-state index in [1.807, 2.05) is 18.2 Å². The average molecular weight is 758 g/mol. The van der Waals surface area contributed by atoms with E-state index >= 15 is 0 Å². The van der Waals surface area contributed by atoms with Crippen molar-refractivity contribution in [3.63, 3.8) is 0 Å². The summed E-state index contributed by atoms with van der Waals surface area (Å²) in [5.41, 5.74) is 2.80. The Balaban J connectivity index is 1.33. The van der Waals surface area contributed by atoms with Gasteiger partial charge >= 0.3 is 6.01 Å². The number of carbonyl (C=O) groups is 1. The fourth-order valence-corrected chi connectivity index (χ4v) is 7.85. The molecule has 47 heavy (non-hydrogen) atoms. The van der Waals surface area contributed by atoms with E-state index in [4.69, 9.17) is 21.3 Å². The smallest absolute Gasteiger partial charge is 0.318 e. The molecule has 0 spiro atoms. The van der Waals surface area contributed by atoms with Gasteiger partial charge in [0.25, 0.3) is 0 Å². The monoisotopic (exact) mass is 757 g/mol. The first-order valence-electron chi connectivity index (χ1n) is 16.0. The largest absolute Gasteiger partial charge is 0.508 e. The highest BCUT2D eigenvalue weighted by Gasteiger charge is 2.35. The molecule has 2 saturated heterocycles. The van der Waals surface area contributed by atoms with E-state index in [1.165, 1.54) is 6.08 Å². The second-order valence-corrected chi connectivity index (χ2v) is 13.5. The van der Waals surface area contributed by atoms with Crippen molar-refractivity contribution >= 4 is 50.8 Å². The van der Waals surface area contributed by atoms with Crippen molar-refractivity contribution in [2.75, 3.05) is 68.8 Å². The highest BCUT2D eigenvalue weighted by atomic mass is 131. The Morgan fingerprint density at radius 1 is 1.19 bits per heavy atom. The molecule has 4 heterocycles. The molecule has 0 saturated carbocycles. The first-order chi connectivity index (χ1) is 22.8. The number of aliphatic hydroxyl groups excluding tert-OH is 2. The highest BCUT2D eigenvalue weighted by molar-refractivity contribution is 14.1. The maximum Gasteiger partial charge on any atom is 0.318 e. The van der Waals surface area contributed by atoms with E-state index in [0.717, 1.165) is 56.5 Å². The molecule has 0 radical (unpaired) electrons. The van der Waals surface area contributed by atoms with Crippen molar-refractivity contribution in [3.05, 3.63) is 69.2 Å². The van der Waals surface area contributed by atoms with Gasteiger partial charge in [-0.2, -0.15) is 9.97 Å². The Hall–Kier alpha value is -3.71. The lowest BCUT2D eigenvalue weighted by molar-refractivity contribution is -0.128. The first-order valence-corrected chi connectivity index (χ1v) is 17.1. The summed E-state index contributed by atoms with van der Waals surface area (Å²) < 4.78 is 7.41. The molecule has 1 amide bonds. The van der Waals surface area contributed by atoms with Crippen molar-refractivity contribution in [2.24, 2.45) is 0 Å². The number of aromatic nitrogens is 2. The van der Waals surface area contributed by atoms with Gasteiger partial charge in [0.1, 0.15) is 24.2 Å². The lowest BCUT2D eigenvalue weighted by Crippen LogP contribution is -2.56. The van der Waals surface area contributed by atoms with E-state index in [9.17, 15) is 20.1 Å². The van der Waals surface area contributed by atoms with Crippen molar-refractivity contribution in [3.8, 4) is 11.8 Å². The molecule has 1 unspecified atom stereocenters. The topological polar surface area (TPSA) is 130 Å². The number of aliphatic hydroxyl groups is 2. The molecule has 3 aliphatic rings. The average Bonchev–Trinajstić information content (AvgIpc) is 3.52. The maximum absolute atomic E-state index is 12.6. The van der Waals surface area contributed by atoms with Gasteiger partial charge in [-0.15, -0.1) is 0 Å². The Kier molecular flexibility index (Phi) is 10.3. The third kappa shape index (κ3) is 7.11. The molecule has 3 aromatic rings. The van der Waals surface area contributed by atoms with Gasteiger partial charge < -0.3 is 39.6 Å². The van der Waals surface area contributed by atoms with Crippen LogP contribution < -0.4 is 14.5 Å². The fourth-order valence-electron chi connectivity index (χ4n) is 7.05. The number of amides is 1. The fraction of sp³-hybridized carbons (Fsp3) is 0.471. The highest BCUT2D eigenvalue weighted by Crippen LogP contribution is 2.38. The molecule has 13 heteroatoms. The van der Waals surface area contributed by atoms with Crippen LogP contribution >= 0.6 is 22.6 Å². The predicted octanol–water partition coefficient (Wildman–Crippen LogP) is 2.82. The second-order valence-electron chi connectivity index (χ2n) is 12.3. The first kappa shape index (κ1) is 33.2. The van der Waals surface area contributed by atoms with Crippen LogP contribution in [-0.4, -0.2) is 118 Å². The number of hydrogen-bond donors (Lipinski definition) is 3. The molecule has 0 aliphatic carbocycles. The van der Waals surface area contributed by atoms with Crippen molar-refractivity contribution in [1.29, 1.82) is 0 Å². The Labute approximate surface area is 288 Å². The summed E-state index contributed by atoms with van der Waals surface area (Å²) in [4.78, 5) is 34.4. The van der Waals surface area contributed by atoms with Gasteiger partial charge in [0, 0.05) is 65.0 Å². The molecule has 0 bridgehead atoms. The number of aromatic hydroxyl groups is 1. The number of phenols is 1. The summed E-state index contributed by atoms with van der Waals surface area (Å²) in [5, 5.41) is 32.1. The van der Waals surface area contributed by atoms with Crippen LogP contribution in [0.1, 0.15) is 24.1 Å². The molecule has 6 rings (SSSR count). The molecule has 3 atom stereocenters. The zero-order chi connectivity index (χ0) is 33.1. The Morgan fingerprint density at radius 3 is 2.83 bits per heavy atom. The molecule has 1 aromatic heterocycles. The number of halogens is 1. The number of fused-ring (bicyclic) bond motifs is 2. The summed E-state index contributed by atoms with van der Waals surface area (Å²) in [6, 6.07) is 9.68. The van der Waals surface area contributed by atoms with Gasteiger partial charge in [-0.1, -0.05) is 18.7 Å². The zero-order valence-electron chi connectivity index (χ0n) is 26.3. The number of benzene rings is 2. The molecule has 12 nitrogen and oxygen atoms in total. The molecule has 2 aromatic carbocycles. The van der Waals surface area contributed by atoms with Crippen LogP contribution in [-0.2, 0) is 17.8 Å². The number of ether oxygens (including phenoxy) is 1. The van der Waals surface area contributed by atoms with Crippen LogP contribution in [0.2, 0.25) is 0 Å². The molecule has 248 valence electrons. The van der Waals surface area contributed by atoms with Gasteiger partial charge in [-0.25, -0.2) is 6.57 Å². The van der Waals surface area contributed by atoms with Crippen LogP contribution in [0.5, 0.6) is 11.8 Å². The lowest BCUT2D eigenvalue weighted by atomic mass is 10.0. The number of likely N-dealkylation sites (tertiary alicyclic amines) is 1. The minimum absolute atomic E-state index is 0.0630. The molecule has 2 fully saturated rings. The maximum atomic E-state index is 12.6. The quantitative estimate of drug-likeness (QED) is 0.161. The molecular formula is C34H40IN7O5. The van der Waals surface area contributed by atoms with Crippen molar-refractivity contribution in [2.45, 2.75) is 44.0 Å². The summed E-state index contributed by atoms with van der Waals surface area (Å²) in [5.74, 6) is 0.792. The summed E-state index contributed by atoms with van der Waals surface area (Å²) in [7, 11) is 0. The second kappa shape index (κ2) is 14.6. The molecular weight excluding hydrogens is 717 g/mol. The van der Waals surface area contributed by atoms with Crippen LogP contribution in [0.3, 0.4) is 0 Å². The number of β-amino-alcohol motifs (C(OH)–C–C–N with tert-alkyl or cyclic N) is 1. The Morgan fingerprint density at radius 2 is 2.04 bits per heavy atom. The van der Waals surface area contributed by atoms with E-state index < -0.39 is 6.10 Å². The van der Waals surface area contributed by atoms with Crippen LogP contribution in [0.4, 0.5) is 11.5 Å². The van der Waals surface area contributed by atoms with Gasteiger partial charge in [0.2, 0.25) is 12.5 Å². The van der Waals surface area contributed by atoms with E-state index in [1.54, 1.807) is 11.0 Å². The van der Waals surface area contributed by atoms with Gasteiger partial charge in [0.15, 0.2) is 0 Å². The molecule has 3 aliphatic heterocycles. The number of phenolic OH excluding ortho intramolecular Hbond substituents is 1. The summed E-state index contributed by atoms with van der Waals surface area (Å²) in [6.45, 7) is 15.2. The third-order valence-corrected chi connectivity index (χ3v) is 10.3. The number of nitrogens with zero attached hydrogens (tertiary/aromatic N) is 7. The van der Waals surface area contributed by atoms with Crippen LogP contribution in [0, 0.1) is 10.1 Å². The van der Waals surface area contributed by atoms with Gasteiger partial charge in [0.05, 0.1) is 24.9 Å². The standard InChI is InChI=1S/C34H40IN7O5/c1-3-31(46)42-13-12-41(17-24(42)16-36-2)33-27-9-11-40(30-15-25(44)14-22-6-4-8-28(35)32(22)30)19-29(27)37-34(38-33)47-21-23-7-5-10-39(23)18-26(45)20-43/h3-4,6,8,14-15,23-24,26,43-45H,1,5,7,9-13,16-21H2/t23-,24-,26?/m0/s1/i35+4. The number of piperazine rings is 1. The van der Waals surface area contributed by atoms with Crippen molar-refractivity contribution in [1.82, 2.24) is 19.8 Å². The number of hydrogen-bond acceptors (Lipinski definition) is 10.